The van der Waals surface area contributed by atoms with Crippen molar-refractivity contribution in [2.75, 3.05) is 13.7 Å². The van der Waals surface area contributed by atoms with Crippen LogP contribution >= 0.6 is 31.9 Å². The Morgan fingerprint density at radius 2 is 1.76 bits per heavy atom. The molecule has 0 heterocycles. The van der Waals surface area contributed by atoms with E-state index in [0.29, 0.717) is 13.1 Å². The number of aliphatic hydroxyl groups is 1. The van der Waals surface area contributed by atoms with Gasteiger partial charge in [0.05, 0.1) is 22.2 Å². The molecule has 2 aromatic carbocycles. The van der Waals surface area contributed by atoms with Crippen molar-refractivity contribution in [3.63, 3.8) is 0 Å². The number of aliphatic hydroxyl groups excluding tert-OH is 1. The molecule has 5 heteroatoms. The fraction of sp³-hybridized carbons (Fsp3) is 0.250. The maximum atomic E-state index is 10.1. The number of hydrogen-bond donors (Lipinski definition) is 2. The summed E-state index contributed by atoms with van der Waals surface area (Å²) in [5, 5.41) is 13.3. The van der Waals surface area contributed by atoms with E-state index < -0.39 is 6.10 Å². The summed E-state index contributed by atoms with van der Waals surface area (Å²) in [7, 11) is 1.64. The van der Waals surface area contributed by atoms with Crippen molar-refractivity contribution in [2.24, 2.45) is 0 Å². The van der Waals surface area contributed by atoms with Crippen LogP contribution in [0.4, 0.5) is 0 Å². The summed E-state index contributed by atoms with van der Waals surface area (Å²) in [6.45, 7) is 1.18. The predicted molar refractivity (Wildman–Crippen MR) is 91.5 cm³/mol. The fourth-order valence-corrected chi connectivity index (χ4v) is 3.66. The van der Waals surface area contributed by atoms with Gasteiger partial charge >= 0.3 is 0 Å². The Morgan fingerprint density at radius 3 is 2.33 bits per heavy atom. The van der Waals surface area contributed by atoms with Gasteiger partial charge in [-0.1, -0.05) is 30.3 Å². The highest BCUT2D eigenvalue weighted by molar-refractivity contribution is 9.11. The molecule has 0 radical (unpaired) electrons. The molecule has 0 aliphatic heterocycles. The Bertz CT molecular complexity index is 567. The van der Waals surface area contributed by atoms with Gasteiger partial charge in [-0.25, -0.2) is 0 Å². The Hall–Kier alpha value is -0.880. The van der Waals surface area contributed by atoms with E-state index in [-0.39, 0.29) is 0 Å². The van der Waals surface area contributed by atoms with Crippen LogP contribution in [0.5, 0.6) is 5.75 Å². The smallest absolute Gasteiger partial charge is 0.147 e. The minimum atomic E-state index is -0.503. The summed E-state index contributed by atoms with van der Waals surface area (Å²) < 4.78 is 7.08. The molecular weight excluding hydrogens is 398 g/mol. The van der Waals surface area contributed by atoms with E-state index in [0.717, 1.165) is 25.8 Å². The van der Waals surface area contributed by atoms with Gasteiger partial charge in [0.15, 0.2) is 0 Å². The summed E-state index contributed by atoms with van der Waals surface area (Å²) in [4.78, 5) is 0. The second kappa shape index (κ2) is 7.94. The number of halogens is 2. The van der Waals surface area contributed by atoms with Crippen LogP contribution in [-0.4, -0.2) is 18.8 Å². The Balaban J connectivity index is 1.92. The molecule has 2 aromatic rings. The maximum absolute atomic E-state index is 10.1. The van der Waals surface area contributed by atoms with Gasteiger partial charge in [-0.15, -0.1) is 0 Å². The molecule has 0 aromatic heterocycles. The van der Waals surface area contributed by atoms with Crippen molar-refractivity contribution in [1.82, 2.24) is 5.32 Å². The molecule has 0 aliphatic rings. The average molecular weight is 415 g/mol. The third kappa shape index (κ3) is 4.54. The van der Waals surface area contributed by atoms with Crippen LogP contribution in [0.25, 0.3) is 0 Å². The summed E-state index contributed by atoms with van der Waals surface area (Å²) in [5.41, 5.74) is 2.02. The monoisotopic (exact) mass is 413 g/mol. The molecule has 0 spiro atoms. The lowest BCUT2D eigenvalue weighted by Gasteiger charge is -2.13. The number of nitrogens with one attached hydrogen (secondary N) is 1. The van der Waals surface area contributed by atoms with Crippen molar-refractivity contribution in [2.45, 2.75) is 12.6 Å². The van der Waals surface area contributed by atoms with Gasteiger partial charge in [0, 0.05) is 13.1 Å². The molecule has 0 fully saturated rings. The molecule has 0 amide bonds. The highest BCUT2D eigenvalue weighted by atomic mass is 79.9. The molecule has 112 valence electrons. The molecule has 3 nitrogen and oxygen atoms in total. The first kappa shape index (κ1) is 16.5. The highest BCUT2D eigenvalue weighted by Gasteiger charge is 2.09. The normalized spacial score (nSPS) is 12.2. The molecule has 21 heavy (non-hydrogen) atoms. The fourth-order valence-electron chi connectivity index (χ4n) is 2.06. The largest absolute Gasteiger partial charge is 0.494 e. The Labute approximate surface area is 141 Å². The minimum absolute atomic E-state index is 0.503. The minimum Gasteiger partial charge on any atom is -0.494 e. The molecular formula is C16H17Br2NO2. The second-order valence-electron chi connectivity index (χ2n) is 4.65. The van der Waals surface area contributed by atoms with Gasteiger partial charge in [0.1, 0.15) is 5.75 Å². The van der Waals surface area contributed by atoms with Crippen molar-refractivity contribution < 1.29 is 9.84 Å². The number of hydrogen-bond acceptors (Lipinski definition) is 3. The molecule has 0 aliphatic carbocycles. The molecule has 2 N–H and O–H groups in total. The van der Waals surface area contributed by atoms with Gasteiger partial charge in [0.25, 0.3) is 0 Å². The number of methoxy groups -OCH3 is 1. The van der Waals surface area contributed by atoms with E-state index in [4.69, 9.17) is 4.74 Å². The van der Waals surface area contributed by atoms with Crippen molar-refractivity contribution >= 4 is 31.9 Å². The van der Waals surface area contributed by atoms with Gasteiger partial charge in [-0.3, -0.25) is 0 Å². The third-order valence-electron chi connectivity index (χ3n) is 3.11. The van der Waals surface area contributed by atoms with E-state index in [2.05, 4.69) is 37.2 Å². The quantitative estimate of drug-likeness (QED) is 0.749. The van der Waals surface area contributed by atoms with Gasteiger partial charge in [-0.2, -0.15) is 0 Å². The predicted octanol–water partition coefficient (Wildman–Crippen LogP) is 4.04. The summed E-state index contributed by atoms with van der Waals surface area (Å²) in [5.74, 6) is 0.781. The average Bonchev–Trinajstić information content (AvgIpc) is 2.48. The van der Waals surface area contributed by atoms with Crippen molar-refractivity contribution in [3.05, 3.63) is 62.5 Å². The zero-order valence-corrected chi connectivity index (χ0v) is 14.8. The second-order valence-corrected chi connectivity index (χ2v) is 6.36. The van der Waals surface area contributed by atoms with Crippen LogP contribution in [0.3, 0.4) is 0 Å². The first-order valence-corrected chi connectivity index (χ1v) is 8.16. The highest BCUT2D eigenvalue weighted by Crippen LogP contribution is 2.34. The van der Waals surface area contributed by atoms with Crippen LogP contribution in [-0.2, 0) is 6.54 Å². The number of rotatable bonds is 6. The molecule has 0 bridgehead atoms. The number of ether oxygens (including phenoxy) is 1. The third-order valence-corrected chi connectivity index (χ3v) is 4.29. The molecule has 0 saturated heterocycles. The molecule has 2 rings (SSSR count). The van der Waals surface area contributed by atoms with E-state index in [1.165, 1.54) is 0 Å². The van der Waals surface area contributed by atoms with Crippen LogP contribution in [0, 0.1) is 0 Å². The summed E-state index contributed by atoms with van der Waals surface area (Å²) >= 11 is 6.97. The van der Waals surface area contributed by atoms with Gasteiger partial charge in [0.2, 0.25) is 0 Å². The standard InChI is InChI=1S/C16H17Br2NO2/c1-21-16-13(17)7-11(8-14(16)18)9-19-10-15(20)12-5-3-2-4-6-12/h2-8,15,19-20H,9-10H2,1H3/t15-/m0/s1. The SMILES string of the molecule is COc1c(Br)cc(CNC[C@H](O)c2ccccc2)cc1Br. The van der Waals surface area contributed by atoms with E-state index in [9.17, 15) is 5.11 Å². The van der Waals surface area contributed by atoms with Crippen molar-refractivity contribution in [1.29, 1.82) is 0 Å². The maximum Gasteiger partial charge on any atom is 0.147 e. The molecule has 1 atom stereocenters. The first-order valence-electron chi connectivity index (χ1n) is 6.57. The van der Waals surface area contributed by atoms with Gasteiger partial charge in [-0.05, 0) is 55.1 Å². The van der Waals surface area contributed by atoms with Crippen LogP contribution < -0.4 is 10.1 Å². The Kier molecular flexibility index (Phi) is 6.23. The van der Waals surface area contributed by atoms with Crippen molar-refractivity contribution in [3.8, 4) is 5.75 Å². The molecule has 0 saturated carbocycles. The molecule has 0 unspecified atom stereocenters. The van der Waals surface area contributed by atoms with Gasteiger partial charge < -0.3 is 15.2 Å². The first-order chi connectivity index (χ1) is 10.1. The van der Waals surface area contributed by atoms with Crippen LogP contribution in [0.1, 0.15) is 17.2 Å². The summed E-state index contributed by atoms with van der Waals surface area (Å²) in [6.07, 6.45) is -0.503. The van der Waals surface area contributed by atoms with Crippen LogP contribution in [0.15, 0.2) is 51.4 Å². The Morgan fingerprint density at radius 1 is 1.14 bits per heavy atom. The van der Waals surface area contributed by atoms with E-state index >= 15 is 0 Å². The topological polar surface area (TPSA) is 41.5 Å². The van der Waals surface area contributed by atoms with E-state index in [1.54, 1.807) is 7.11 Å². The lowest BCUT2D eigenvalue weighted by molar-refractivity contribution is 0.174. The summed E-state index contributed by atoms with van der Waals surface area (Å²) in [6, 6.07) is 13.7. The zero-order valence-electron chi connectivity index (χ0n) is 11.6. The zero-order chi connectivity index (χ0) is 15.2. The lowest BCUT2D eigenvalue weighted by atomic mass is 10.1. The van der Waals surface area contributed by atoms with Crippen LogP contribution in [0.2, 0.25) is 0 Å². The lowest BCUT2D eigenvalue weighted by Crippen LogP contribution is -2.21. The number of benzene rings is 2. The van der Waals surface area contributed by atoms with E-state index in [1.807, 2.05) is 42.5 Å².